The van der Waals surface area contributed by atoms with Gasteiger partial charge in [-0.2, -0.15) is 0 Å². The van der Waals surface area contributed by atoms with E-state index in [-0.39, 0.29) is 12.0 Å². The van der Waals surface area contributed by atoms with Crippen LogP contribution in [-0.4, -0.2) is 27.2 Å². The van der Waals surface area contributed by atoms with E-state index in [0.717, 1.165) is 17.8 Å². The van der Waals surface area contributed by atoms with Crippen LogP contribution in [0.2, 0.25) is 0 Å². The zero-order valence-corrected chi connectivity index (χ0v) is 17.9. The van der Waals surface area contributed by atoms with E-state index in [1.165, 1.54) is 61.4 Å². The number of nitrogens with zero attached hydrogens (tertiary/aromatic N) is 3. The summed E-state index contributed by atoms with van der Waals surface area (Å²) in [7, 11) is 1.44. The minimum atomic E-state index is -0.288. The lowest BCUT2D eigenvalue weighted by Gasteiger charge is -2.27. The Morgan fingerprint density at radius 3 is 2.90 bits per heavy atom. The molecule has 0 radical (unpaired) electrons. The van der Waals surface area contributed by atoms with Crippen LogP contribution in [0.1, 0.15) is 77.9 Å². The van der Waals surface area contributed by atoms with E-state index in [2.05, 4.69) is 39.6 Å². The predicted molar refractivity (Wildman–Crippen MR) is 121 cm³/mol. The molecule has 6 rings (SSSR count). The van der Waals surface area contributed by atoms with Gasteiger partial charge in [-0.1, -0.05) is 43.6 Å². The summed E-state index contributed by atoms with van der Waals surface area (Å²) >= 11 is 0. The van der Waals surface area contributed by atoms with Crippen molar-refractivity contribution >= 4 is 22.4 Å². The molecule has 5 nitrogen and oxygen atoms in total. The van der Waals surface area contributed by atoms with E-state index in [0.29, 0.717) is 18.0 Å². The summed E-state index contributed by atoms with van der Waals surface area (Å²) in [4.78, 5) is 17.0. The van der Waals surface area contributed by atoms with E-state index in [4.69, 9.17) is 9.72 Å². The average molecular weight is 414 g/mol. The molecule has 3 aromatic rings. The maximum Gasteiger partial charge on any atom is 0.337 e. The predicted octanol–water partition coefficient (Wildman–Crippen LogP) is 5.62. The SMILES string of the molecule is COC(=O)c1ccc2c(C3CCCCC3)c3n(c2c1)Cc1nccn1C1CC=CC=C31. The van der Waals surface area contributed by atoms with Gasteiger partial charge in [0, 0.05) is 17.8 Å². The summed E-state index contributed by atoms with van der Waals surface area (Å²) in [5.41, 5.74) is 5.92. The number of esters is 1. The number of aromatic nitrogens is 3. The number of allylic oxidation sites excluding steroid dienone is 4. The van der Waals surface area contributed by atoms with Gasteiger partial charge in [-0.15, -0.1) is 0 Å². The van der Waals surface area contributed by atoms with Crippen LogP contribution in [0.15, 0.2) is 48.8 Å². The zero-order chi connectivity index (χ0) is 20.9. The Bertz CT molecular complexity index is 1240. The highest BCUT2D eigenvalue weighted by Crippen LogP contribution is 2.47. The molecule has 0 saturated heterocycles. The number of hydrogen-bond acceptors (Lipinski definition) is 3. The number of fused-ring (bicyclic) bond motifs is 7. The normalized spacial score (nSPS) is 20.5. The maximum atomic E-state index is 12.3. The number of benzene rings is 1. The molecule has 2 aliphatic carbocycles. The van der Waals surface area contributed by atoms with Crippen LogP contribution in [-0.2, 0) is 11.3 Å². The molecule has 31 heavy (non-hydrogen) atoms. The summed E-state index contributed by atoms with van der Waals surface area (Å²) in [6.07, 6.45) is 18.1. The Hall–Kier alpha value is -3.08. The molecule has 0 N–H and O–H groups in total. The van der Waals surface area contributed by atoms with E-state index in [1.54, 1.807) is 0 Å². The average Bonchev–Trinajstić information content (AvgIpc) is 3.38. The molecule has 0 bridgehead atoms. The van der Waals surface area contributed by atoms with E-state index in [1.807, 2.05) is 18.3 Å². The van der Waals surface area contributed by atoms with Crippen molar-refractivity contribution in [2.24, 2.45) is 0 Å². The van der Waals surface area contributed by atoms with E-state index >= 15 is 0 Å². The molecule has 1 unspecified atom stereocenters. The first-order valence-electron chi connectivity index (χ1n) is 11.4. The molecular weight excluding hydrogens is 386 g/mol. The Kier molecular flexibility index (Phi) is 4.37. The second-order valence-electron chi connectivity index (χ2n) is 8.96. The topological polar surface area (TPSA) is 49.1 Å². The summed E-state index contributed by atoms with van der Waals surface area (Å²) in [5.74, 6) is 1.35. The summed E-state index contributed by atoms with van der Waals surface area (Å²) in [5, 5.41) is 1.28. The fraction of sp³-hybridized carbons (Fsp3) is 0.385. The first-order chi connectivity index (χ1) is 15.3. The zero-order valence-electron chi connectivity index (χ0n) is 17.9. The molecule has 2 aromatic heterocycles. The number of carbonyl (C=O) groups excluding carboxylic acids is 1. The molecule has 1 aliphatic heterocycles. The van der Waals surface area contributed by atoms with Crippen molar-refractivity contribution in [2.45, 2.75) is 57.0 Å². The van der Waals surface area contributed by atoms with Gasteiger partial charge >= 0.3 is 5.97 Å². The first-order valence-corrected chi connectivity index (χ1v) is 11.4. The largest absolute Gasteiger partial charge is 0.465 e. The minimum absolute atomic E-state index is 0.274. The quantitative estimate of drug-likeness (QED) is 0.513. The third-order valence-electron chi connectivity index (χ3n) is 7.33. The maximum absolute atomic E-state index is 12.3. The third kappa shape index (κ3) is 2.83. The molecule has 1 saturated carbocycles. The molecule has 1 atom stereocenters. The fourth-order valence-electron chi connectivity index (χ4n) is 5.91. The first kappa shape index (κ1) is 18.7. The lowest BCUT2D eigenvalue weighted by Crippen LogP contribution is -2.14. The summed E-state index contributed by atoms with van der Waals surface area (Å²) in [6.45, 7) is 0.712. The van der Waals surface area contributed by atoms with E-state index < -0.39 is 0 Å². The van der Waals surface area contributed by atoms with Crippen molar-refractivity contribution in [3.8, 4) is 0 Å². The van der Waals surface area contributed by atoms with Crippen LogP contribution in [0, 0.1) is 0 Å². The number of hydrogen-bond donors (Lipinski definition) is 0. The molecule has 0 amide bonds. The van der Waals surface area contributed by atoms with Crippen LogP contribution in [0.4, 0.5) is 0 Å². The summed E-state index contributed by atoms with van der Waals surface area (Å²) in [6, 6.07) is 6.36. The molecule has 0 spiro atoms. The Labute approximate surface area is 182 Å². The van der Waals surface area contributed by atoms with Gasteiger partial charge in [-0.05, 0) is 48.4 Å². The van der Waals surface area contributed by atoms with Gasteiger partial charge in [-0.25, -0.2) is 9.78 Å². The highest BCUT2D eigenvalue weighted by Gasteiger charge is 2.34. The van der Waals surface area contributed by atoms with Crippen LogP contribution in [0.3, 0.4) is 0 Å². The molecule has 1 aromatic carbocycles. The monoisotopic (exact) mass is 413 g/mol. The van der Waals surface area contributed by atoms with Crippen molar-refractivity contribution in [3.63, 3.8) is 0 Å². The minimum Gasteiger partial charge on any atom is -0.465 e. The molecule has 3 aliphatic rings. The van der Waals surface area contributed by atoms with E-state index in [9.17, 15) is 4.79 Å². The standard InChI is InChI=1S/C26H27N3O2/c1-31-26(30)18-11-12-19-22(15-18)29-16-23-27-13-14-28(23)21-10-6-5-9-20(21)25(29)24(19)17-7-3-2-4-8-17/h5-6,9,11-15,17,21H,2-4,7-8,10,16H2,1H3. The van der Waals surface area contributed by atoms with Crippen molar-refractivity contribution < 1.29 is 9.53 Å². The fourth-order valence-corrected chi connectivity index (χ4v) is 5.91. The smallest absolute Gasteiger partial charge is 0.337 e. The van der Waals surface area contributed by atoms with Gasteiger partial charge in [0.2, 0.25) is 0 Å². The Morgan fingerprint density at radius 1 is 1.19 bits per heavy atom. The van der Waals surface area contributed by atoms with Gasteiger partial charge in [0.1, 0.15) is 5.82 Å². The Morgan fingerprint density at radius 2 is 2.06 bits per heavy atom. The molecule has 5 heteroatoms. The van der Waals surface area contributed by atoms with Gasteiger partial charge in [-0.3, -0.25) is 0 Å². The highest BCUT2D eigenvalue weighted by atomic mass is 16.5. The number of carbonyl (C=O) groups is 1. The number of ether oxygens (including phenoxy) is 1. The Balaban J connectivity index is 1.67. The van der Waals surface area contributed by atoms with Crippen LogP contribution >= 0.6 is 0 Å². The number of rotatable bonds is 2. The summed E-state index contributed by atoms with van der Waals surface area (Å²) < 4.78 is 9.77. The third-order valence-corrected chi connectivity index (χ3v) is 7.33. The lowest BCUT2D eigenvalue weighted by molar-refractivity contribution is 0.0601. The molecule has 1 fully saturated rings. The second kappa shape index (κ2) is 7.26. The lowest BCUT2D eigenvalue weighted by atomic mass is 9.80. The van der Waals surface area contributed by atoms with Gasteiger partial charge in [0.25, 0.3) is 0 Å². The van der Waals surface area contributed by atoms with Crippen molar-refractivity contribution in [1.29, 1.82) is 0 Å². The number of methoxy groups -OCH3 is 1. The molecule has 158 valence electrons. The second-order valence-corrected chi connectivity index (χ2v) is 8.96. The highest BCUT2D eigenvalue weighted by molar-refractivity contribution is 5.98. The van der Waals surface area contributed by atoms with Crippen LogP contribution in [0.5, 0.6) is 0 Å². The van der Waals surface area contributed by atoms with Crippen molar-refractivity contribution in [1.82, 2.24) is 14.1 Å². The van der Waals surface area contributed by atoms with Crippen molar-refractivity contribution in [3.05, 3.63) is 71.5 Å². The van der Waals surface area contributed by atoms with Crippen molar-refractivity contribution in [2.75, 3.05) is 7.11 Å². The molecular formula is C26H27N3O2. The molecule has 3 heterocycles. The van der Waals surface area contributed by atoms with Gasteiger partial charge < -0.3 is 13.9 Å². The van der Waals surface area contributed by atoms with Crippen LogP contribution in [0.25, 0.3) is 16.5 Å². The van der Waals surface area contributed by atoms with Gasteiger partial charge in [0.15, 0.2) is 0 Å². The number of imidazole rings is 1. The van der Waals surface area contributed by atoms with Crippen LogP contribution < -0.4 is 0 Å². The van der Waals surface area contributed by atoms with Gasteiger partial charge in [0.05, 0.1) is 36.5 Å².